The van der Waals surface area contributed by atoms with E-state index in [1.807, 2.05) is 25.1 Å². The van der Waals surface area contributed by atoms with E-state index in [4.69, 9.17) is 4.74 Å². The molecule has 0 saturated carbocycles. The Morgan fingerprint density at radius 2 is 2.29 bits per heavy atom. The maximum Gasteiger partial charge on any atom is 0.237 e. The van der Waals surface area contributed by atoms with E-state index in [0.717, 1.165) is 15.7 Å². The van der Waals surface area contributed by atoms with E-state index in [1.54, 1.807) is 0 Å². The molecule has 0 spiro atoms. The van der Waals surface area contributed by atoms with Gasteiger partial charge in [0, 0.05) is 10.2 Å². The predicted octanol–water partition coefficient (Wildman–Crippen LogP) is 1.70. The molecule has 1 heterocycles. The molecule has 5 heteroatoms. The average molecular weight is 300 g/mol. The first-order chi connectivity index (χ1) is 8.07. The summed E-state index contributed by atoms with van der Waals surface area (Å²) in [6.07, 6.45) is 0. The number of aryl methyl sites for hydroxylation is 1. The van der Waals surface area contributed by atoms with E-state index in [2.05, 4.69) is 21.2 Å². The zero-order valence-corrected chi connectivity index (χ0v) is 11.1. The minimum Gasteiger partial charge on any atom is -0.395 e. The second-order valence-electron chi connectivity index (χ2n) is 4.34. The number of rotatable bonds is 3. The molecule has 1 fully saturated rings. The molecule has 0 aromatic heterocycles. The molecule has 0 radical (unpaired) electrons. The van der Waals surface area contributed by atoms with E-state index in [0.29, 0.717) is 0 Å². The second-order valence-corrected chi connectivity index (χ2v) is 5.26. The summed E-state index contributed by atoms with van der Waals surface area (Å²) in [4.78, 5) is 12.0. The van der Waals surface area contributed by atoms with E-state index < -0.39 is 5.41 Å². The first kappa shape index (κ1) is 12.5. The summed E-state index contributed by atoms with van der Waals surface area (Å²) in [7, 11) is 0. The summed E-state index contributed by atoms with van der Waals surface area (Å²) in [5, 5.41) is 12.1. The van der Waals surface area contributed by atoms with Crippen molar-refractivity contribution in [2.45, 2.75) is 6.92 Å². The van der Waals surface area contributed by atoms with Crippen LogP contribution < -0.4 is 5.32 Å². The monoisotopic (exact) mass is 299 g/mol. The van der Waals surface area contributed by atoms with Crippen molar-refractivity contribution in [1.29, 1.82) is 0 Å². The normalized spacial score (nSPS) is 17.4. The fraction of sp³-hybridized carbons (Fsp3) is 0.417. The Morgan fingerprint density at radius 1 is 1.59 bits per heavy atom. The van der Waals surface area contributed by atoms with Crippen LogP contribution in [-0.4, -0.2) is 30.8 Å². The van der Waals surface area contributed by atoms with E-state index in [1.165, 1.54) is 0 Å². The van der Waals surface area contributed by atoms with Crippen LogP contribution in [0.1, 0.15) is 5.56 Å². The standard InChI is InChI=1S/C12H14BrNO3/c1-8-4-9(13)2-3-10(8)14-11(16)12(5-15)6-17-7-12/h2-4,15H,5-7H2,1H3,(H,14,16). The van der Waals surface area contributed by atoms with Crippen molar-refractivity contribution in [1.82, 2.24) is 0 Å². The van der Waals surface area contributed by atoms with Crippen molar-refractivity contribution in [3.63, 3.8) is 0 Å². The molecule has 1 amide bonds. The zero-order valence-electron chi connectivity index (χ0n) is 9.50. The molecule has 17 heavy (non-hydrogen) atoms. The quantitative estimate of drug-likeness (QED) is 0.893. The van der Waals surface area contributed by atoms with Gasteiger partial charge in [0.2, 0.25) is 5.91 Å². The van der Waals surface area contributed by atoms with Gasteiger partial charge in [0.15, 0.2) is 0 Å². The van der Waals surface area contributed by atoms with Gasteiger partial charge >= 0.3 is 0 Å². The van der Waals surface area contributed by atoms with E-state index in [9.17, 15) is 9.90 Å². The summed E-state index contributed by atoms with van der Waals surface area (Å²) >= 11 is 3.37. The van der Waals surface area contributed by atoms with Gasteiger partial charge in [-0.3, -0.25) is 4.79 Å². The lowest BCUT2D eigenvalue weighted by Gasteiger charge is -2.38. The first-order valence-electron chi connectivity index (χ1n) is 5.34. The molecule has 0 aliphatic carbocycles. The molecule has 4 nitrogen and oxygen atoms in total. The number of hydrogen-bond donors (Lipinski definition) is 2. The number of aliphatic hydroxyl groups is 1. The molecule has 1 aliphatic heterocycles. The SMILES string of the molecule is Cc1cc(Br)ccc1NC(=O)C1(CO)COC1. The fourth-order valence-electron chi connectivity index (χ4n) is 1.66. The molecule has 0 atom stereocenters. The Kier molecular flexibility index (Phi) is 3.51. The molecule has 1 aliphatic rings. The number of benzene rings is 1. The van der Waals surface area contributed by atoms with Crippen LogP contribution in [-0.2, 0) is 9.53 Å². The van der Waals surface area contributed by atoms with Crippen molar-refractivity contribution in [2.24, 2.45) is 5.41 Å². The van der Waals surface area contributed by atoms with Gasteiger partial charge in [-0.05, 0) is 30.7 Å². The minimum atomic E-state index is -0.764. The minimum absolute atomic E-state index is 0.184. The Bertz CT molecular complexity index is 438. The third kappa shape index (κ3) is 2.36. The maximum atomic E-state index is 12.0. The third-order valence-corrected chi connectivity index (χ3v) is 3.47. The van der Waals surface area contributed by atoms with E-state index >= 15 is 0 Å². The van der Waals surface area contributed by atoms with Gasteiger partial charge in [0.25, 0.3) is 0 Å². The number of ether oxygens (including phenoxy) is 1. The number of carbonyl (C=O) groups excluding carboxylic acids is 1. The van der Waals surface area contributed by atoms with Crippen LogP contribution in [0.3, 0.4) is 0 Å². The smallest absolute Gasteiger partial charge is 0.237 e. The molecular formula is C12H14BrNO3. The molecule has 1 saturated heterocycles. The summed E-state index contributed by atoms with van der Waals surface area (Å²) in [6, 6.07) is 5.63. The Hall–Kier alpha value is -0.910. The first-order valence-corrected chi connectivity index (χ1v) is 6.13. The van der Waals surface area contributed by atoms with Gasteiger partial charge in [0.1, 0.15) is 5.41 Å². The van der Waals surface area contributed by atoms with Crippen LogP contribution >= 0.6 is 15.9 Å². The summed E-state index contributed by atoms with van der Waals surface area (Å²) in [5.74, 6) is -0.184. The fourth-order valence-corrected chi connectivity index (χ4v) is 2.14. The number of carbonyl (C=O) groups is 1. The number of anilines is 1. The lowest BCUT2D eigenvalue weighted by molar-refractivity contribution is -0.164. The van der Waals surface area contributed by atoms with Gasteiger partial charge in [0.05, 0.1) is 19.8 Å². The number of amides is 1. The lowest BCUT2D eigenvalue weighted by atomic mass is 9.86. The Labute approximate surface area is 108 Å². The van der Waals surface area contributed by atoms with Crippen molar-refractivity contribution >= 4 is 27.5 Å². The summed E-state index contributed by atoms with van der Waals surface area (Å²) in [6.45, 7) is 2.30. The Morgan fingerprint density at radius 3 is 2.76 bits per heavy atom. The molecule has 0 bridgehead atoms. The number of hydrogen-bond acceptors (Lipinski definition) is 3. The van der Waals surface area contributed by atoms with Crippen molar-refractivity contribution in [3.8, 4) is 0 Å². The summed E-state index contributed by atoms with van der Waals surface area (Å²) in [5.41, 5.74) is 0.971. The van der Waals surface area contributed by atoms with Crippen molar-refractivity contribution in [3.05, 3.63) is 28.2 Å². The van der Waals surface area contributed by atoms with Crippen LogP contribution in [0.5, 0.6) is 0 Å². The lowest BCUT2D eigenvalue weighted by Crippen LogP contribution is -2.54. The highest BCUT2D eigenvalue weighted by molar-refractivity contribution is 9.10. The van der Waals surface area contributed by atoms with Gasteiger partial charge in [-0.2, -0.15) is 0 Å². The van der Waals surface area contributed by atoms with Crippen LogP contribution in [0.25, 0.3) is 0 Å². The molecular weight excluding hydrogens is 286 g/mol. The highest BCUT2D eigenvalue weighted by Gasteiger charge is 2.45. The molecule has 0 unspecified atom stereocenters. The number of halogens is 1. The number of aliphatic hydroxyl groups excluding tert-OH is 1. The molecule has 92 valence electrons. The summed E-state index contributed by atoms with van der Waals surface area (Å²) < 4.78 is 5.98. The van der Waals surface area contributed by atoms with Gasteiger partial charge < -0.3 is 15.2 Å². The molecule has 2 rings (SSSR count). The highest BCUT2D eigenvalue weighted by Crippen LogP contribution is 2.29. The topological polar surface area (TPSA) is 58.6 Å². The highest BCUT2D eigenvalue weighted by atomic mass is 79.9. The van der Waals surface area contributed by atoms with Crippen LogP contribution in [0.4, 0.5) is 5.69 Å². The van der Waals surface area contributed by atoms with Gasteiger partial charge in [-0.25, -0.2) is 0 Å². The molecule has 2 N–H and O–H groups in total. The molecule has 1 aromatic carbocycles. The predicted molar refractivity (Wildman–Crippen MR) is 67.8 cm³/mol. The van der Waals surface area contributed by atoms with Crippen LogP contribution in [0.2, 0.25) is 0 Å². The average Bonchev–Trinajstić information content (AvgIpc) is 2.21. The maximum absolute atomic E-state index is 12.0. The van der Waals surface area contributed by atoms with E-state index in [-0.39, 0.29) is 25.7 Å². The number of nitrogens with one attached hydrogen (secondary N) is 1. The van der Waals surface area contributed by atoms with Crippen molar-refractivity contribution < 1.29 is 14.6 Å². The van der Waals surface area contributed by atoms with Gasteiger partial charge in [-0.1, -0.05) is 15.9 Å². The second kappa shape index (κ2) is 4.76. The van der Waals surface area contributed by atoms with Crippen LogP contribution in [0, 0.1) is 12.3 Å². The largest absolute Gasteiger partial charge is 0.395 e. The van der Waals surface area contributed by atoms with Crippen molar-refractivity contribution in [2.75, 3.05) is 25.1 Å². The zero-order chi connectivity index (χ0) is 12.5. The van der Waals surface area contributed by atoms with Crippen LogP contribution in [0.15, 0.2) is 22.7 Å². The molecule has 1 aromatic rings. The third-order valence-electron chi connectivity index (χ3n) is 2.98. The Balaban J connectivity index is 2.13. The van der Waals surface area contributed by atoms with Gasteiger partial charge in [-0.15, -0.1) is 0 Å².